The summed E-state index contributed by atoms with van der Waals surface area (Å²) in [6.07, 6.45) is 1.25. The van der Waals surface area contributed by atoms with Gasteiger partial charge in [0, 0.05) is 29.3 Å². The van der Waals surface area contributed by atoms with Crippen molar-refractivity contribution in [1.82, 2.24) is 0 Å². The van der Waals surface area contributed by atoms with E-state index >= 15 is 0 Å². The summed E-state index contributed by atoms with van der Waals surface area (Å²) in [5.41, 5.74) is 4.28. The van der Waals surface area contributed by atoms with Crippen molar-refractivity contribution >= 4 is 33.5 Å². The van der Waals surface area contributed by atoms with E-state index in [2.05, 4.69) is 43.4 Å². The molecule has 7 heteroatoms. The fourth-order valence-corrected chi connectivity index (χ4v) is 5.70. The number of nitrogens with one attached hydrogen (secondary N) is 1. The van der Waals surface area contributed by atoms with E-state index in [0.29, 0.717) is 29.3 Å². The van der Waals surface area contributed by atoms with Crippen molar-refractivity contribution in [3.05, 3.63) is 93.7 Å². The molecule has 37 heavy (non-hydrogen) atoms. The molecule has 1 atom stereocenters. The van der Waals surface area contributed by atoms with Gasteiger partial charge in [-0.25, -0.2) is 0 Å². The fraction of sp³-hybridized carbons (Fsp3) is 0.233. The van der Waals surface area contributed by atoms with Gasteiger partial charge in [0.25, 0.3) is 5.69 Å². The number of hydrogen-bond acceptors (Lipinski definition) is 6. The van der Waals surface area contributed by atoms with Crippen molar-refractivity contribution < 1.29 is 18.9 Å². The van der Waals surface area contributed by atoms with Gasteiger partial charge in [-0.3, -0.25) is 14.9 Å². The van der Waals surface area contributed by atoms with E-state index < -0.39 is 11.0 Å². The second-order valence-corrected chi connectivity index (χ2v) is 10.5. The number of ether oxygens (including phenoxy) is 1. The third kappa shape index (κ3) is 3.78. The predicted octanol–water partition coefficient (Wildman–Crippen LogP) is 7.33. The number of nitro benzene ring substituents is 1. The maximum atomic E-state index is 13.6. The molecule has 2 aliphatic rings. The van der Waals surface area contributed by atoms with Gasteiger partial charge in [-0.2, -0.15) is 0 Å². The van der Waals surface area contributed by atoms with Gasteiger partial charge in [0.2, 0.25) is 0 Å². The van der Waals surface area contributed by atoms with Crippen LogP contribution in [0.1, 0.15) is 44.1 Å². The number of furan rings is 1. The summed E-state index contributed by atoms with van der Waals surface area (Å²) < 4.78 is 11.7. The zero-order chi connectivity index (χ0) is 25.9. The molecule has 0 saturated heterocycles. The van der Waals surface area contributed by atoms with E-state index in [1.54, 1.807) is 6.07 Å². The molecule has 186 valence electrons. The first-order chi connectivity index (χ1) is 17.8. The van der Waals surface area contributed by atoms with Gasteiger partial charge in [-0.05, 0) is 52.4 Å². The van der Waals surface area contributed by atoms with Gasteiger partial charge in [0.1, 0.15) is 23.3 Å². The smallest absolute Gasteiger partial charge is 0.273 e. The summed E-state index contributed by atoms with van der Waals surface area (Å²) >= 11 is 0. The standard InChI is InChI=1S/C30H26N2O5/c1-30(2)15-21-27-19-7-5-4-6-17(19)8-11-22(27)31-29(28(21)23(33)16-30)25-13-12-24(37-25)20-10-9-18(32(34)35)14-26(20)36-3/h4-14,29,31H,15-16H2,1-3H3/t29-/m0/s1. The molecule has 1 N–H and O–H groups in total. The zero-order valence-electron chi connectivity index (χ0n) is 20.8. The minimum atomic E-state index is -0.461. The van der Waals surface area contributed by atoms with E-state index in [-0.39, 0.29) is 16.9 Å². The van der Waals surface area contributed by atoms with Crippen LogP contribution in [-0.2, 0) is 4.79 Å². The number of ketones is 1. The summed E-state index contributed by atoms with van der Waals surface area (Å²) in [6.45, 7) is 4.28. The number of benzene rings is 3. The van der Waals surface area contributed by atoms with Crippen molar-refractivity contribution in [3.63, 3.8) is 0 Å². The molecular weight excluding hydrogens is 468 g/mol. The van der Waals surface area contributed by atoms with Crippen LogP contribution in [0.2, 0.25) is 0 Å². The van der Waals surface area contributed by atoms with Crippen LogP contribution in [0.25, 0.3) is 27.7 Å². The van der Waals surface area contributed by atoms with Crippen LogP contribution >= 0.6 is 0 Å². The normalized spacial score (nSPS) is 18.2. The van der Waals surface area contributed by atoms with Crippen LogP contribution < -0.4 is 10.1 Å². The van der Waals surface area contributed by atoms with Gasteiger partial charge in [-0.1, -0.05) is 44.2 Å². The van der Waals surface area contributed by atoms with Crippen molar-refractivity contribution in [2.24, 2.45) is 5.41 Å². The molecule has 2 heterocycles. The number of allylic oxidation sites excluding steroid dienone is 1. The quantitative estimate of drug-likeness (QED) is 0.236. The summed E-state index contributed by atoms with van der Waals surface area (Å²) in [4.78, 5) is 24.4. The van der Waals surface area contributed by atoms with E-state index in [1.807, 2.05) is 24.3 Å². The molecule has 3 aromatic carbocycles. The monoisotopic (exact) mass is 494 g/mol. The number of methoxy groups -OCH3 is 1. The number of nitro groups is 1. The third-order valence-electron chi connectivity index (χ3n) is 7.31. The SMILES string of the molecule is COc1cc([N+](=O)[O-])ccc1-c1ccc([C@@H]2Nc3ccc4ccccc4c3C3=C2C(=O)CC(C)(C)C3)o1. The second-order valence-electron chi connectivity index (χ2n) is 10.5. The molecule has 1 aromatic heterocycles. The Bertz CT molecular complexity index is 1630. The summed E-state index contributed by atoms with van der Waals surface area (Å²) in [5.74, 6) is 1.58. The average molecular weight is 495 g/mol. The Hall–Kier alpha value is -4.39. The van der Waals surface area contributed by atoms with E-state index in [1.165, 1.54) is 19.2 Å². The first kappa shape index (κ1) is 23.0. The van der Waals surface area contributed by atoms with Crippen LogP contribution in [0.15, 0.2) is 76.7 Å². The van der Waals surface area contributed by atoms with Crippen LogP contribution in [0, 0.1) is 15.5 Å². The molecule has 1 aliphatic heterocycles. The summed E-state index contributed by atoms with van der Waals surface area (Å²) in [7, 11) is 1.47. The molecule has 0 unspecified atom stereocenters. The molecular formula is C30H26N2O5. The topological polar surface area (TPSA) is 94.6 Å². The maximum absolute atomic E-state index is 13.6. The number of rotatable bonds is 4. The Labute approximate surface area is 213 Å². The lowest BCUT2D eigenvalue weighted by Crippen LogP contribution is -2.33. The summed E-state index contributed by atoms with van der Waals surface area (Å²) in [5, 5.41) is 17.0. The highest BCUT2D eigenvalue weighted by molar-refractivity contribution is 6.12. The Balaban J connectivity index is 1.49. The van der Waals surface area contributed by atoms with Crippen LogP contribution in [0.5, 0.6) is 5.75 Å². The molecule has 4 aromatic rings. The van der Waals surface area contributed by atoms with Crippen molar-refractivity contribution in [1.29, 1.82) is 0 Å². The molecule has 0 fully saturated rings. The molecule has 0 amide bonds. The lowest BCUT2D eigenvalue weighted by Gasteiger charge is -2.39. The molecule has 0 saturated carbocycles. The Morgan fingerprint density at radius 3 is 2.65 bits per heavy atom. The van der Waals surface area contributed by atoms with Crippen molar-refractivity contribution in [3.8, 4) is 17.1 Å². The van der Waals surface area contributed by atoms with Crippen LogP contribution in [-0.4, -0.2) is 17.8 Å². The highest BCUT2D eigenvalue weighted by atomic mass is 16.6. The lowest BCUT2D eigenvalue weighted by atomic mass is 9.68. The van der Waals surface area contributed by atoms with Gasteiger partial charge in [0.15, 0.2) is 5.78 Å². The first-order valence-corrected chi connectivity index (χ1v) is 12.2. The van der Waals surface area contributed by atoms with Gasteiger partial charge >= 0.3 is 0 Å². The number of fused-ring (bicyclic) bond motifs is 4. The number of hydrogen-bond donors (Lipinski definition) is 1. The Morgan fingerprint density at radius 1 is 1.05 bits per heavy atom. The van der Waals surface area contributed by atoms with Crippen LogP contribution in [0.3, 0.4) is 0 Å². The minimum absolute atomic E-state index is 0.0598. The zero-order valence-corrected chi connectivity index (χ0v) is 20.8. The number of anilines is 1. The highest BCUT2D eigenvalue weighted by Crippen LogP contribution is 2.52. The number of Topliss-reactive ketones (excluding diaryl/α,β-unsaturated/α-hetero) is 1. The third-order valence-corrected chi connectivity index (χ3v) is 7.31. The van der Waals surface area contributed by atoms with E-state index in [4.69, 9.17) is 9.15 Å². The predicted molar refractivity (Wildman–Crippen MR) is 143 cm³/mol. The van der Waals surface area contributed by atoms with Gasteiger partial charge < -0.3 is 14.5 Å². The fourth-order valence-electron chi connectivity index (χ4n) is 5.70. The second kappa shape index (κ2) is 8.34. The van der Waals surface area contributed by atoms with E-state index in [9.17, 15) is 14.9 Å². The van der Waals surface area contributed by atoms with Gasteiger partial charge in [0.05, 0.1) is 23.7 Å². The molecule has 6 rings (SSSR count). The van der Waals surface area contributed by atoms with Crippen LogP contribution in [0.4, 0.5) is 11.4 Å². The van der Waals surface area contributed by atoms with Gasteiger partial charge in [-0.15, -0.1) is 0 Å². The molecule has 0 radical (unpaired) electrons. The lowest BCUT2D eigenvalue weighted by molar-refractivity contribution is -0.384. The van der Waals surface area contributed by atoms with E-state index in [0.717, 1.165) is 39.6 Å². The molecule has 1 aliphatic carbocycles. The Kier molecular flexibility index (Phi) is 5.19. The molecule has 0 spiro atoms. The maximum Gasteiger partial charge on any atom is 0.273 e. The first-order valence-electron chi connectivity index (χ1n) is 12.2. The molecule has 7 nitrogen and oxygen atoms in total. The number of carbonyl (C=O) groups excluding carboxylic acids is 1. The molecule has 0 bridgehead atoms. The average Bonchev–Trinajstić information content (AvgIpc) is 3.36. The largest absolute Gasteiger partial charge is 0.496 e. The van der Waals surface area contributed by atoms with Crippen molar-refractivity contribution in [2.45, 2.75) is 32.7 Å². The minimum Gasteiger partial charge on any atom is -0.496 e. The number of nitrogens with zero attached hydrogens (tertiary/aromatic N) is 1. The Morgan fingerprint density at radius 2 is 1.86 bits per heavy atom. The highest BCUT2D eigenvalue weighted by Gasteiger charge is 2.41. The number of carbonyl (C=O) groups is 1. The number of non-ortho nitro benzene ring substituents is 1. The summed E-state index contributed by atoms with van der Waals surface area (Å²) in [6, 6.07) is 20.1. The van der Waals surface area contributed by atoms with Crippen molar-refractivity contribution in [2.75, 3.05) is 12.4 Å².